The fourth-order valence-electron chi connectivity index (χ4n) is 7.73. The van der Waals surface area contributed by atoms with Gasteiger partial charge in [-0.15, -0.1) is 0 Å². The minimum absolute atomic E-state index is 0.117. The smallest absolute Gasteiger partial charge is 0.113 e. The molecule has 0 aromatic rings. The van der Waals surface area contributed by atoms with Gasteiger partial charge in [-0.3, -0.25) is 4.99 Å². The number of allylic oxidation sites excluding steroid dienone is 4. The van der Waals surface area contributed by atoms with Gasteiger partial charge in [0.2, 0.25) is 0 Å². The first-order valence-electron chi connectivity index (χ1n) is 11.5. The molecule has 7 atom stereocenters. The second-order valence-electron chi connectivity index (χ2n) is 10.4. The quantitative estimate of drug-likeness (QED) is 0.660. The maximum atomic E-state index is 10.3. The van der Waals surface area contributed by atoms with Gasteiger partial charge in [0.25, 0.3) is 0 Å². The van der Waals surface area contributed by atoms with E-state index in [-0.39, 0.29) is 11.5 Å². The predicted molar refractivity (Wildman–Crippen MR) is 115 cm³/mol. The van der Waals surface area contributed by atoms with Crippen molar-refractivity contribution in [1.82, 2.24) is 4.90 Å². The van der Waals surface area contributed by atoms with Gasteiger partial charge in [-0.05, 0) is 80.1 Å². The van der Waals surface area contributed by atoms with Gasteiger partial charge in [-0.2, -0.15) is 0 Å². The zero-order chi connectivity index (χ0) is 19.5. The van der Waals surface area contributed by atoms with Gasteiger partial charge in [0.15, 0.2) is 0 Å². The van der Waals surface area contributed by atoms with Crippen molar-refractivity contribution in [3.63, 3.8) is 0 Å². The Bertz CT molecular complexity index is 765. The van der Waals surface area contributed by atoms with Crippen LogP contribution in [0.5, 0.6) is 0 Å². The number of rotatable bonds is 2. The molecule has 0 radical (unpaired) electrons. The molecule has 3 heteroatoms. The number of hydrogen-bond donors (Lipinski definition) is 1. The molecule has 0 aromatic heterocycles. The van der Waals surface area contributed by atoms with E-state index in [0.717, 1.165) is 37.3 Å². The van der Waals surface area contributed by atoms with Gasteiger partial charge < -0.3 is 10.0 Å². The molecule has 5 aliphatic rings. The van der Waals surface area contributed by atoms with Crippen LogP contribution in [0.15, 0.2) is 40.7 Å². The molecular weight excluding hydrogens is 344 g/mol. The molecule has 4 aliphatic carbocycles. The summed E-state index contributed by atoms with van der Waals surface area (Å²) >= 11 is 0. The van der Waals surface area contributed by atoms with Crippen molar-refractivity contribution in [2.75, 3.05) is 6.67 Å². The summed E-state index contributed by atoms with van der Waals surface area (Å²) in [4.78, 5) is 6.89. The highest BCUT2D eigenvalue weighted by atomic mass is 16.3. The van der Waals surface area contributed by atoms with E-state index in [1.54, 1.807) is 5.57 Å². The first-order valence-corrected chi connectivity index (χ1v) is 11.5. The fraction of sp³-hybridized carbons (Fsp3) is 0.720. The predicted octanol–water partition coefficient (Wildman–Crippen LogP) is 5.30. The van der Waals surface area contributed by atoms with Crippen LogP contribution < -0.4 is 0 Å². The third-order valence-electron chi connectivity index (χ3n) is 9.26. The van der Waals surface area contributed by atoms with Crippen LogP contribution in [0.1, 0.15) is 65.7 Å². The van der Waals surface area contributed by atoms with Gasteiger partial charge >= 0.3 is 0 Å². The SMILES string of the molecule is CC[C@H]1C=C2C[C@@H](O)CC[C@]2(C)[C@H]2CC[C@]3(C)C(N4C=CC=NC4)=CC[C@H]3[C@H]12. The third kappa shape index (κ3) is 2.54. The molecule has 5 rings (SSSR count). The van der Waals surface area contributed by atoms with E-state index < -0.39 is 0 Å². The average Bonchev–Trinajstić information content (AvgIpc) is 3.06. The van der Waals surface area contributed by atoms with Crippen molar-refractivity contribution in [1.29, 1.82) is 0 Å². The van der Waals surface area contributed by atoms with E-state index in [1.165, 1.54) is 37.8 Å². The highest BCUT2D eigenvalue weighted by molar-refractivity contribution is 5.71. The summed E-state index contributed by atoms with van der Waals surface area (Å²) in [5, 5.41) is 10.3. The molecule has 0 spiro atoms. The first-order chi connectivity index (χ1) is 13.5. The molecule has 2 saturated carbocycles. The molecule has 1 aliphatic heterocycles. The van der Waals surface area contributed by atoms with Crippen LogP contribution in [0, 0.1) is 34.5 Å². The van der Waals surface area contributed by atoms with E-state index in [1.807, 2.05) is 6.21 Å². The second-order valence-corrected chi connectivity index (χ2v) is 10.4. The molecule has 1 N–H and O–H groups in total. The van der Waals surface area contributed by atoms with Gasteiger partial charge in [0.05, 0.1) is 6.10 Å². The van der Waals surface area contributed by atoms with E-state index in [4.69, 9.17) is 0 Å². The number of hydrogen-bond acceptors (Lipinski definition) is 3. The molecule has 152 valence electrons. The zero-order valence-electron chi connectivity index (χ0n) is 17.8. The zero-order valence-corrected chi connectivity index (χ0v) is 17.8. The Labute approximate surface area is 170 Å². The highest BCUT2D eigenvalue weighted by Crippen LogP contribution is 2.66. The fourth-order valence-corrected chi connectivity index (χ4v) is 7.73. The molecule has 0 aromatic carbocycles. The number of aliphatic imine (C=N–C) groups is 1. The Morgan fingerprint density at radius 1 is 1.18 bits per heavy atom. The van der Waals surface area contributed by atoms with Crippen molar-refractivity contribution in [2.24, 2.45) is 39.5 Å². The third-order valence-corrected chi connectivity index (χ3v) is 9.26. The van der Waals surface area contributed by atoms with E-state index in [9.17, 15) is 5.11 Å². The highest BCUT2D eigenvalue weighted by Gasteiger charge is 2.59. The van der Waals surface area contributed by atoms with Crippen LogP contribution in [0.2, 0.25) is 0 Å². The van der Waals surface area contributed by atoms with E-state index in [2.05, 4.69) is 55.1 Å². The van der Waals surface area contributed by atoms with Gasteiger partial charge in [-0.1, -0.05) is 38.5 Å². The van der Waals surface area contributed by atoms with Gasteiger partial charge in [0, 0.05) is 23.5 Å². The Balaban J connectivity index is 1.50. The van der Waals surface area contributed by atoms with Crippen molar-refractivity contribution in [2.45, 2.75) is 71.8 Å². The maximum Gasteiger partial charge on any atom is 0.113 e. The van der Waals surface area contributed by atoms with Crippen LogP contribution in [0.4, 0.5) is 0 Å². The monoisotopic (exact) mass is 380 g/mol. The topological polar surface area (TPSA) is 35.8 Å². The molecular formula is C25H36N2O. The lowest BCUT2D eigenvalue weighted by Gasteiger charge is -2.60. The molecule has 0 saturated heterocycles. The molecule has 0 bridgehead atoms. The second kappa shape index (κ2) is 6.58. The lowest BCUT2D eigenvalue weighted by Crippen LogP contribution is -2.53. The van der Waals surface area contributed by atoms with Gasteiger partial charge in [-0.25, -0.2) is 0 Å². The van der Waals surface area contributed by atoms with Crippen LogP contribution in [-0.4, -0.2) is 29.0 Å². The minimum Gasteiger partial charge on any atom is -0.393 e. The summed E-state index contributed by atoms with van der Waals surface area (Å²) in [5.41, 5.74) is 3.71. The summed E-state index contributed by atoms with van der Waals surface area (Å²) in [7, 11) is 0. The molecule has 1 heterocycles. The van der Waals surface area contributed by atoms with Crippen molar-refractivity contribution >= 4 is 6.21 Å². The van der Waals surface area contributed by atoms with Gasteiger partial charge in [0.1, 0.15) is 6.67 Å². The van der Waals surface area contributed by atoms with E-state index >= 15 is 0 Å². The standard InChI is InChI=1S/C25H36N2O/c1-4-17-14-18-15-19(28)8-10-24(18,2)21-9-11-25(3)20(23(17)21)6-7-22(25)27-13-5-12-26-16-27/h5,7,12-14,17,19-21,23,28H,4,6,8-11,15-16H2,1-3H3/t17-,19-,20-,21-,23-,24-,25-/m0/s1. The van der Waals surface area contributed by atoms with Crippen LogP contribution in [-0.2, 0) is 0 Å². The Morgan fingerprint density at radius 2 is 2.00 bits per heavy atom. The van der Waals surface area contributed by atoms with Crippen LogP contribution in [0.25, 0.3) is 0 Å². The van der Waals surface area contributed by atoms with Crippen molar-refractivity contribution in [3.8, 4) is 0 Å². The Hall–Kier alpha value is -1.35. The molecule has 0 amide bonds. The summed E-state index contributed by atoms with van der Waals surface area (Å²) in [6.07, 6.45) is 19.4. The normalized spacial score (nSPS) is 47.1. The average molecular weight is 381 g/mol. The summed E-state index contributed by atoms with van der Waals surface area (Å²) in [5.74, 6) is 2.97. The molecule has 0 unspecified atom stereocenters. The van der Waals surface area contributed by atoms with Crippen LogP contribution in [0.3, 0.4) is 0 Å². The molecule has 3 nitrogen and oxygen atoms in total. The number of nitrogens with zero attached hydrogens (tertiary/aromatic N) is 2. The minimum atomic E-state index is -0.117. The lowest BCUT2D eigenvalue weighted by atomic mass is 9.45. The van der Waals surface area contributed by atoms with Crippen molar-refractivity contribution < 1.29 is 5.11 Å². The summed E-state index contributed by atoms with van der Waals surface area (Å²) < 4.78 is 0. The lowest BCUT2D eigenvalue weighted by molar-refractivity contribution is -0.0561. The van der Waals surface area contributed by atoms with E-state index in [0.29, 0.717) is 11.3 Å². The number of aliphatic hydroxyl groups excluding tert-OH is 1. The number of aliphatic hydroxyl groups is 1. The largest absolute Gasteiger partial charge is 0.393 e. The Kier molecular flexibility index (Phi) is 4.39. The molecule has 28 heavy (non-hydrogen) atoms. The van der Waals surface area contributed by atoms with Crippen LogP contribution >= 0.6 is 0 Å². The first kappa shape index (κ1) is 18.7. The summed E-state index contributed by atoms with van der Waals surface area (Å²) in [6, 6.07) is 0. The molecule has 2 fully saturated rings. The maximum absolute atomic E-state index is 10.3. The Morgan fingerprint density at radius 3 is 2.75 bits per heavy atom. The summed E-state index contributed by atoms with van der Waals surface area (Å²) in [6.45, 7) is 8.22. The van der Waals surface area contributed by atoms with Crippen molar-refractivity contribution in [3.05, 3.63) is 35.7 Å². The number of fused-ring (bicyclic) bond motifs is 5.